The third kappa shape index (κ3) is 22.8. The van der Waals surface area contributed by atoms with Crippen molar-refractivity contribution in [3.63, 3.8) is 0 Å². The molecule has 2 bridgehead atoms. The number of esters is 1. The van der Waals surface area contributed by atoms with Crippen molar-refractivity contribution in [3.8, 4) is 0 Å². The molecule has 14 N–H and O–H groups in total. The van der Waals surface area contributed by atoms with Gasteiger partial charge in [0.25, 0.3) is 0 Å². The Balaban J connectivity index is 1.53. The van der Waals surface area contributed by atoms with E-state index >= 15 is 0 Å². The highest BCUT2D eigenvalue weighted by atomic mass is 16.7. The van der Waals surface area contributed by atoms with E-state index in [1.807, 2.05) is 32.9 Å². The second kappa shape index (κ2) is 33.0. The van der Waals surface area contributed by atoms with Crippen LogP contribution in [0.25, 0.3) is 0 Å². The molecule has 4 rings (SSSR count). The molecule has 20 heteroatoms. The van der Waals surface area contributed by atoms with E-state index < -0.39 is 128 Å². The normalized spacial score (nSPS) is 37.9. The molecule has 79 heavy (non-hydrogen) atoms. The number of carbonyl (C=O) groups is 4. The molecule has 0 amide bonds. The van der Waals surface area contributed by atoms with Gasteiger partial charge in [0.1, 0.15) is 23.9 Å². The molecule has 0 aromatic heterocycles. The lowest BCUT2D eigenvalue weighted by Gasteiger charge is -2.45. The number of aliphatic hydroxyl groups is 9. The summed E-state index contributed by atoms with van der Waals surface area (Å²) < 4.78 is 23.8. The van der Waals surface area contributed by atoms with E-state index in [1.54, 1.807) is 91.1 Å². The number of ketones is 2. The summed E-state index contributed by atoms with van der Waals surface area (Å²) in [6, 6.07) is 5.30. The van der Waals surface area contributed by atoms with Crippen molar-refractivity contribution in [2.75, 3.05) is 5.73 Å². The average molecular weight is 1110 g/mol. The fraction of sp³-hybridized carbons (Fsp3) is 0.593. The summed E-state index contributed by atoms with van der Waals surface area (Å²) >= 11 is 0. The van der Waals surface area contributed by atoms with Crippen molar-refractivity contribution in [2.45, 2.75) is 196 Å². The molecule has 1 aromatic rings. The number of nitrogen functional groups attached to an aromatic ring is 1. The number of nitrogens with two attached hydrogens (primary N) is 2. The van der Waals surface area contributed by atoms with Crippen LogP contribution in [0.3, 0.4) is 0 Å². The molecule has 3 aliphatic rings. The van der Waals surface area contributed by atoms with E-state index in [0.29, 0.717) is 17.7 Å². The Morgan fingerprint density at radius 3 is 1.95 bits per heavy atom. The molecule has 0 saturated carbocycles. The standard InChI is InChI=1S/C59H86N2O18/c1-35-18-15-13-11-9-7-5-6-8-10-12-14-16-21-46(77-58-55(72)53(61)54(71)38(4)76-58)31-50-52(57(73)74)49(69)34-59(75,79-50)33-45(66)29-44(65)28-43(64)27-41(62)19-17-20-42(63)30-51(70)78-56(35)37(3)26-36(2)47(67)32-48(68)39-22-24-40(60)25-23-39/h5-16,18,21-25,35-38,42-47,49-50,52-56,58,63-67,69,71-72,75H,17,19-20,26-34,60-61H2,1-4H3,(H,73,74)/b6-5-,9-7+,10-8-,13-11+,14-12+,18-15+,21-16+/t35-,36-,37-,38+,42+,43-,44-,45-,46-,47-,49-,50-,52+,53-,54+,55-,56-,58-,59+/m0/s1. The van der Waals surface area contributed by atoms with Gasteiger partial charge in [-0.2, -0.15) is 0 Å². The molecule has 3 heterocycles. The quantitative estimate of drug-likeness (QED) is 0.0905. The van der Waals surface area contributed by atoms with E-state index in [1.165, 1.54) is 13.0 Å². The smallest absolute Gasteiger partial charge is 0.311 e. The topological polar surface area (TPSA) is 360 Å². The first-order valence-corrected chi connectivity index (χ1v) is 27.3. The molecular formula is C59H86N2O18. The zero-order valence-corrected chi connectivity index (χ0v) is 45.7. The van der Waals surface area contributed by atoms with Crippen molar-refractivity contribution in [1.82, 2.24) is 0 Å². The van der Waals surface area contributed by atoms with Crippen LogP contribution in [0.4, 0.5) is 5.69 Å². The minimum absolute atomic E-state index is 0.0582. The zero-order valence-electron chi connectivity index (χ0n) is 45.7. The highest BCUT2D eigenvalue weighted by molar-refractivity contribution is 5.96. The molecule has 20 nitrogen and oxygen atoms in total. The second-order valence-electron chi connectivity index (χ2n) is 21.6. The van der Waals surface area contributed by atoms with Crippen LogP contribution in [-0.4, -0.2) is 166 Å². The number of hydrogen-bond acceptors (Lipinski definition) is 19. The van der Waals surface area contributed by atoms with Crippen LogP contribution in [0, 0.1) is 23.7 Å². The van der Waals surface area contributed by atoms with Crippen LogP contribution in [0.1, 0.15) is 115 Å². The number of hydrogen-bond donors (Lipinski definition) is 12. The van der Waals surface area contributed by atoms with Gasteiger partial charge in [-0.15, -0.1) is 0 Å². The minimum atomic E-state index is -2.32. The molecule has 0 aliphatic carbocycles. The van der Waals surface area contributed by atoms with E-state index in [9.17, 15) is 70.2 Å². The van der Waals surface area contributed by atoms with Crippen LogP contribution in [0.2, 0.25) is 0 Å². The summed E-state index contributed by atoms with van der Waals surface area (Å²) in [5, 5.41) is 109. The van der Waals surface area contributed by atoms with Gasteiger partial charge in [0, 0.05) is 55.7 Å². The van der Waals surface area contributed by atoms with Crippen LogP contribution < -0.4 is 11.5 Å². The first kappa shape index (κ1) is 66.5. The summed E-state index contributed by atoms with van der Waals surface area (Å²) in [5.74, 6) is -7.63. The number of carbonyl (C=O) groups excluding carboxylic acids is 3. The van der Waals surface area contributed by atoms with Crippen LogP contribution in [-0.2, 0) is 33.3 Å². The van der Waals surface area contributed by atoms with Gasteiger partial charge < -0.3 is 81.5 Å². The molecule has 1 aromatic carbocycles. The van der Waals surface area contributed by atoms with Crippen molar-refractivity contribution in [2.24, 2.45) is 29.4 Å². The van der Waals surface area contributed by atoms with Gasteiger partial charge in [-0.05, 0) is 75.1 Å². The van der Waals surface area contributed by atoms with Gasteiger partial charge in [-0.25, -0.2) is 0 Å². The average Bonchev–Trinajstić information content (AvgIpc) is 3.40. The van der Waals surface area contributed by atoms with Crippen molar-refractivity contribution in [3.05, 3.63) is 115 Å². The lowest BCUT2D eigenvalue weighted by atomic mass is 9.82. The number of allylic oxidation sites excluding steroid dienone is 12. The number of benzene rings is 1. The van der Waals surface area contributed by atoms with E-state index in [2.05, 4.69) is 0 Å². The number of ether oxygens (including phenoxy) is 4. The summed E-state index contributed by atoms with van der Waals surface area (Å²) in [4.78, 5) is 51.7. The molecule has 19 atom stereocenters. The van der Waals surface area contributed by atoms with Gasteiger partial charge >= 0.3 is 11.9 Å². The monoisotopic (exact) mass is 1110 g/mol. The fourth-order valence-electron chi connectivity index (χ4n) is 10.1. The predicted octanol–water partition coefficient (Wildman–Crippen LogP) is 3.56. The third-order valence-electron chi connectivity index (χ3n) is 14.5. The van der Waals surface area contributed by atoms with Gasteiger partial charge in [0.05, 0.1) is 73.5 Å². The highest BCUT2D eigenvalue weighted by Crippen LogP contribution is 2.38. The number of rotatable bonds is 10. The number of carboxylic acids is 1. The lowest BCUT2D eigenvalue weighted by molar-refractivity contribution is -0.308. The predicted molar refractivity (Wildman–Crippen MR) is 293 cm³/mol. The van der Waals surface area contributed by atoms with Crippen LogP contribution in [0.5, 0.6) is 0 Å². The van der Waals surface area contributed by atoms with E-state index in [-0.39, 0.29) is 80.7 Å². The maximum atomic E-state index is 13.4. The number of Topliss-reactive ketones (excluding diaryl/α,β-unsaturated/α-hetero) is 2. The molecule has 440 valence electrons. The number of anilines is 1. The number of cyclic esters (lactones) is 1. The minimum Gasteiger partial charge on any atom is -0.481 e. The maximum absolute atomic E-state index is 13.4. The first-order valence-electron chi connectivity index (χ1n) is 27.3. The molecule has 2 saturated heterocycles. The summed E-state index contributed by atoms with van der Waals surface area (Å²) in [5.41, 5.74) is 12.8. The molecule has 0 unspecified atom stereocenters. The van der Waals surface area contributed by atoms with E-state index in [0.717, 1.165) is 0 Å². The van der Waals surface area contributed by atoms with Crippen molar-refractivity contribution >= 4 is 29.2 Å². The number of fused-ring (bicyclic) bond motifs is 2. The van der Waals surface area contributed by atoms with Gasteiger partial charge in [0.2, 0.25) is 0 Å². The van der Waals surface area contributed by atoms with Gasteiger partial charge in [0.15, 0.2) is 17.9 Å². The van der Waals surface area contributed by atoms with Gasteiger partial charge in [-0.3, -0.25) is 19.2 Å². The largest absolute Gasteiger partial charge is 0.481 e. The SMILES string of the molecule is C[C@H]1/C=C/C=C/C=C/C=C\C=C/C=C/C=C/[C@H](O[C@@H]2O[C@H](C)[C@@H](O)[C@H](N)[C@@H]2O)C[C@@H]2O[C@](O)(C[C@@H](O)C[C@@H](O)C[C@@H](O)CC(=O)CCC[C@@H](O)CC(=O)O[C@@H]1[C@@H](C)C[C@H](C)[C@@H](O)CC(=O)c1ccc(N)cc1)C[C@H](O)[C@H]2C(=O)O. The highest BCUT2D eigenvalue weighted by Gasteiger charge is 2.51. The van der Waals surface area contributed by atoms with Crippen LogP contribution in [0.15, 0.2) is 109 Å². The first-order chi connectivity index (χ1) is 37.4. The fourth-order valence-corrected chi connectivity index (χ4v) is 10.1. The van der Waals surface area contributed by atoms with Crippen molar-refractivity contribution in [1.29, 1.82) is 0 Å². The molecule has 0 spiro atoms. The third-order valence-corrected chi connectivity index (χ3v) is 14.5. The Bertz CT molecular complexity index is 2280. The summed E-state index contributed by atoms with van der Waals surface area (Å²) in [6.07, 6.45) is 5.48. The Kier molecular flexibility index (Phi) is 27.8. The van der Waals surface area contributed by atoms with E-state index in [4.69, 9.17) is 30.4 Å². The maximum Gasteiger partial charge on any atom is 0.311 e. The molecule has 3 aliphatic heterocycles. The van der Waals surface area contributed by atoms with Gasteiger partial charge in [-0.1, -0.05) is 106 Å². The molecular weight excluding hydrogens is 1020 g/mol. The summed E-state index contributed by atoms with van der Waals surface area (Å²) in [7, 11) is 0. The number of aliphatic carboxylic acids is 1. The molecule has 0 radical (unpaired) electrons. The second-order valence-corrected chi connectivity index (χ2v) is 21.6. The Labute approximate surface area is 463 Å². The Morgan fingerprint density at radius 1 is 0.759 bits per heavy atom. The number of aliphatic hydroxyl groups excluding tert-OH is 8. The zero-order chi connectivity index (χ0) is 58.4. The Morgan fingerprint density at radius 2 is 1.34 bits per heavy atom. The number of carboxylic acid groups (broad SMARTS) is 1. The Hall–Kier alpha value is -5.04. The molecule has 2 fully saturated rings. The summed E-state index contributed by atoms with van der Waals surface area (Å²) in [6.45, 7) is 7.13. The van der Waals surface area contributed by atoms with Crippen LogP contribution >= 0.6 is 0 Å². The van der Waals surface area contributed by atoms with Crippen molar-refractivity contribution < 1.29 is 89.2 Å². The lowest BCUT2D eigenvalue weighted by Crippen LogP contribution is -2.61.